The van der Waals surface area contributed by atoms with Crippen LogP contribution in [0.2, 0.25) is 0 Å². The van der Waals surface area contributed by atoms with E-state index in [1.165, 1.54) is 23.0 Å². The van der Waals surface area contributed by atoms with E-state index in [1.54, 1.807) is 19.9 Å². The minimum absolute atomic E-state index is 0. The highest BCUT2D eigenvalue weighted by Gasteiger charge is 2.47. The molecule has 4 amide bonds. The van der Waals surface area contributed by atoms with Crippen LogP contribution >= 0.6 is 67.5 Å². The van der Waals surface area contributed by atoms with E-state index in [-0.39, 0.29) is 125 Å². The van der Waals surface area contributed by atoms with Gasteiger partial charge in [0.2, 0.25) is 11.8 Å². The van der Waals surface area contributed by atoms with Crippen molar-refractivity contribution in [3.63, 3.8) is 0 Å². The van der Waals surface area contributed by atoms with Gasteiger partial charge >= 0.3 is 5.97 Å². The van der Waals surface area contributed by atoms with Gasteiger partial charge < -0.3 is 39.0 Å². The molecule has 0 spiro atoms. The number of anilines is 1. The number of carbonyl (C=O) groups excluding carboxylic acids is 5. The largest absolute Gasteiger partial charge is 0.464 e. The molecule has 6 bridgehead atoms. The second kappa shape index (κ2) is 28.8. The lowest BCUT2D eigenvalue weighted by Gasteiger charge is -2.41. The predicted octanol–water partition coefficient (Wildman–Crippen LogP) is 6.04. The molecule has 75 heavy (non-hydrogen) atoms. The number of hydrazine groups is 1. The van der Waals surface area contributed by atoms with E-state index in [9.17, 15) is 24.0 Å². The molecule has 2 N–H and O–H groups in total. The molecular formula is C53H86FN9O7S5. The molecule has 16 nitrogen and oxygen atoms in total. The van der Waals surface area contributed by atoms with E-state index in [1.807, 2.05) is 31.3 Å². The zero-order valence-electron chi connectivity index (χ0n) is 45.6. The number of likely N-dealkylation sites (N-methyl/N-ethyl adjacent to an activating group) is 2. The van der Waals surface area contributed by atoms with Gasteiger partial charge in [-0.15, -0.1) is 0 Å². The summed E-state index contributed by atoms with van der Waals surface area (Å²) in [6.45, 7) is 17.5. The van der Waals surface area contributed by atoms with Crippen molar-refractivity contribution < 1.29 is 37.8 Å². The van der Waals surface area contributed by atoms with Gasteiger partial charge in [-0.3, -0.25) is 34.0 Å². The number of halogens is 1. The number of aromatic nitrogens is 2. The van der Waals surface area contributed by atoms with Gasteiger partial charge in [-0.25, -0.2) is 9.82 Å². The number of morpholine rings is 1. The van der Waals surface area contributed by atoms with Crippen LogP contribution in [0.1, 0.15) is 97.7 Å². The number of likely N-dealkylation sites (tertiary alicyclic amines) is 1. The summed E-state index contributed by atoms with van der Waals surface area (Å²) in [5.74, 6) is -2.91. The van der Waals surface area contributed by atoms with Crippen LogP contribution in [-0.2, 0) is 46.4 Å². The third-order valence-electron chi connectivity index (χ3n) is 14.3. The highest BCUT2D eigenvalue weighted by molar-refractivity contribution is 7.60. The quantitative estimate of drug-likeness (QED) is 0.170. The van der Waals surface area contributed by atoms with Crippen LogP contribution in [0.25, 0.3) is 22.2 Å². The maximum absolute atomic E-state index is 16.7. The average molecular weight is 1140 g/mol. The van der Waals surface area contributed by atoms with Gasteiger partial charge in [0.05, 0.1) is 30.7 Å². The van der Waals surface area contributed by atoms with E-state index in [0.717, 1.165) is 50.5 Å². The van der Waals surface area contributed by atoms with Gasteiger partial charge in [0.25, 0.3) is 11.8 Å². The van der Waals surface area contributed by atoms with Crippen LogP contribution in [0.5, 0.6) is 0 Å². The van der Waals surface area contributed by atoms with Crippen molar-refractivity contribution >= 4 is 114 Å². The number of amides is 4. The predicted molar refractivity (Wildman–Crippen MR) is 320 cm³/mol. The number of pyridine rings is 1. The van der Waals surface area contributed by atoms with E-state index < -0.39 is 64.9 Å². The number of nitrogens with zero attached hydrogens (tertiary/aromatic N) is 7. The van der Waals surface area contributed by atoms with Gasteiger partial charge in [-0.1, -0.05) is 47.6 Å². The number of cyclic esters (lactones) is 1. The minimum atomic E-state index is -2.29. The molecule has 22 heteroatoms. The molecule has 4 atom stereocenters. The summed E-state index contributed by atoms with van der Waals surface area (Å²) in [5.41, 5.74) is 6.79. The van der Waals surface area contributed by atoms with Crippen molar-refractivity contribution in [2.75, 3.05) is 78.5 Å². The Morgan fingerprint density at radius 3 is 2.32 bits per heavy atom. The monoisotopic (exact) mass is 1140 g/mol. The summed E-state index contributed by atoms with van der Waals surface area (Å²) in [6, 6.07) is 7.61. The zero-order chi connectivity index (χ0) is 50.7. The summed E-state index contributed by atoms with van der Waals surface area (Å²) in [4.78, 5) is 82.0. The molecule has 3 aromatic rings. The summed E-state index contributed by atoms with van der Waals surface area (Å²) in [6.07, 6.45) is 5.81. The Morgan fingerprint density at radius 1 is 0.987 bits per heavy atom. The lowest BCUT2D eigenvalue weighted by Crippen LogP contribution is -2.63. The number of alkyl halides is 1. The number of carbonyl (C=O) groups is 5. The molecule has 7 rings (SSSR count). The number of aryl methyl sites for hydroxylation is 1. The summed E-state index contributed by atoms with van der Waals surface area (Å²) in [7, 11) is 5.21. The van der Waals surface area contributed by atoms with Gasteiger partial charge in [0, 0.05) is 112 Å². The van der Waals surface area contributed by atoms with Crippen LogP contribution in [-0.4, -0.2) is 162 Å². The fraction of sp³-hybridized carbons (Fsp3) is 0.623. The fourth-order valence-corrected chi connectivity index (χ4v) is 10.7. The molecule has 6 heterocycles. The summed E-state index contributed by atoms with van der Waals surface area (Å²) >= 11 is 0. The smallest absolute Gasteiger partial charge is 0.324 e. The highest BCUT2D eigenvalue weighted by atomic mass is 32.1. The number of benzene rings is 1. The van der Waals surface area contributed by atoms with Crippen LogP contribution in [0.4, 0.5) is 10.1 Å². The molecule has 1 aromatic carbocycles. The third-order valence-corrected chi connectivity index (χ3v) is 14.3. The summed E-state index contributed by atoms with van der Waals surface area (Å²) < 4.78 is 31.5. The van der Waals surface area contributed by atoms with Crippen LogP contribution < -0.4 is 15.6 Å². The van der Waals surface area contributed by atoms with E-state index in [0.29, 0.717) is 45.5 Å². The normalized spacial score (nSPS) is 21.1. The second-order valence-corrected chi connectivity index (χ2v) is 21.4. The van der Waals surface area contributed by atoms with Crippen molar-refractivity contribution in [2.24, 2.45) is 11.3 Å². The van der Waals surface area contributed by atoms with Gasteiger partial charge in [0.1, 0.15) is 18.1 Å². The van der Waals surface area contributed by atoms with E-state index in [2.05, 4.69) is 79.1 Å². The molecule has 0 aliphatic carbocycles. The first kappa shape index (κ1) is 67.5. The molecule has 0 unspecified atom stereocenters. The van der Waals surface area contributed by atoms with Crippen molar-refractivity contribution in [2.45, 2.75) is 129 Å². The number of nitrogens with one attached hydrogen (secondary N) is 2. The van der Waals surface area contributed by atoms with Crippen LogP contribution in [0.15, 0.2) is 48.7 Å². The number of piperidine rings is 1. The first-order valence-corrected chi connectivity index (χ1v) is 25.3. The van der Waals surface area contributed by atoms with Gasteiger partial charge in [0.15, 0.2) is 5.67 Å². The van der Waals surface area contributed by atoms with Crippen LogP contribution in [0.3, 0.4) is 0 Å². The molecule has 0 radical (unpaired) electrons. The molecule has 4 aliphatic heterocycles. The number of esters is 1. The van der Waals surface area contributed by atoms with Crippen LogP contribution in [0, 0.1) is 11.3 Å². The van der Waals surface area contributed by atoms with Gasteiger partial charge in [-0.05, 0) is 88.0 Å². The highest BCUT2D eigenvalue weighted by Crippen LogP contribution is 2.42. The Hall–Kier alpha value is -3.64. The first-order chi connectivity index (χ1) is 33.2. The van der Waals surface area contributed by atoms with Crippen molar-refractivity contribution in [3.05, 3.63) is 59.9 Å². The Labute approximate surface area is 479 Å². The Bertz CT molecular complexity index is 2450. The number of ether oxygens (including phenoxy) is 2. The lowest BCUT2D eigenvalue weighted by atomic mass is 9.84. The number of fused-ring (bicyclic) bond motifs is 6. The Morgan fingerprint density at radius 2 is 1.68 bits per heavy atom. The minimum Gasteiger partial charge on any atom is -0.464 e. The van der Waals surface area contributed by atoms with E-state index >= 15 is 4.39 Å². The van der Waals surface area contributed by atoms with E-state index in [4.69, 9.17) is 14.5 Å². The molecule has 4 aliphatic rings. The summed E-state index contributed by atoms with van der Waals surface area (Å²) in [5, 5.41) is 5.49. The molecule has 0 saturated carbocycles. The maximum atomic E-state index is 16.7. The molecule has 3 saturated heterocycles. The standard InChI is InChI=1S/C53H76FN9O7.5H2S/c1-11-62-43-19-18-36-29-39(43)40(47(62)38-15-12-22-55-45(38)34(2)3)31-52(6,7)33-70-50(67)41-16-13-24-63(57-41)49(66)42(30-37-32-61(36)27-28-69-37)56-48(65)46(35(4)5)59(10)51(68)53(54)20-25-60(26-21-53)44(64)17-14-23-58(8)9;;;;;/h12,14-15,17-19,22,29,34-35,37,41-42,46,57H,11,13,16,20-21,23-28,30-33H2,1-10H3,(H,56,65);5*1H2/b17-14+;;;;;/t37-,41-,42-,46-;;;;;/m0...../s1. The molecule has 3 fully saturated rings. The zero-order valence-corrected chi connectivity index (χ0v) is 50.6. The molecular weight excluding hydrogens is 1050 g/mol. The second-order valence-electron chi connectivity index (χ2n) is 21.4. The first-order valence-electron chi connectivity index (χ1n) is 25.3. The van der Waals surface area contributed by atoms with Crippen molar-refractivity contribution in [3.8, 4) is 11.3 Å². The number of rotatable bonds is 11. The lowest BCUT2D eigenvalue weighted by molar-refractivity contribution is -0.156. The average Bonchev–Trinajstić information content (AvgIpc) is 3.63. The SMILES string of the molecule is CCn1c(-c2cccnc2C(C)C)c2c3cc(ccc31)N1CCO[C@@H](C[C@H](NC(=O)[C@H](C(C)C)N(C)C(=O)C3(F)CCN(C(=O)/C=C/CN(C)C)CC3)C(=O)N3CCC[C@H](N3)C(=O)OCC(C)(C)C2)C1.S.S.S.S.S. The molecule has 2 aromatic heterocycles. The number of hydrogen-bond acceptors (Lipinski definition) is 11. The van der Waals surface area contributed by atoms with Crippen molar-refractivity contribution in [1.82, 2.24) is 40.0 Å². The van der Waals surface area contributed by atoms with Crippen molar-refractivity contribution in [1.29, 1.82) is 0 Å². The Kier molecular flexibility index (Phi) is 25.9. The Balaban J connectivity index is 0.00000385. The maximum Gasteiger partial charge on any atom is 0.324 e. The third kappa shape index (κ3) is 15.6. The topological polar surface area (TPSA) is 162 Å². The number of hydrogen-bond donors (Lipinski definition) is 2. The van der Waals surface area contributed by atoms with Gasteiger partial charge in [-0.2, -0.15) is 67.5 Å². The fourth-order valence-electron chi connectivity index (χ4n) is 10.7. The molecule has 422 valence electrons.